The van der Waals surface area contributed by atoms with Crippen LogP contribution in [0.15, 0.2) is 48.5 Å². The lowest BCUT2D eigenvalue weighted by atomic mass is 9.89. The van der Waals surface area contributed by atoms with Gasteiger partial charge in [0.25, 0.3) is 5.91 Å². The second kappa shape index (κ2) is 13.0. The molecule has 1 aliphatic carbocycles. The number of hydrogen-bond acceptors (Lipinski definition) is 3. The molecule has 0 heterocycles. The van der Waals surface area contributed by atoms with Crippen LogP contribution in [0.5, 0.6) is 0 Å². The van der Waals surface area contributed by atoms with Crippen molar-refractivity contribution in [1.82, 2.24) is 5.32 Å². The third-order valence-corrected chi connectivity index (χ3v) is 6.28. The van der Waals surface area contributed by atoms with Gasteiger partial charge in [-0.3, -0.25) is 9.59 Å². The van der Waals surface area contributed by atoms with Gasteiger partial charge in [0.1, 0.15) is 0 Å². The molecule has 32 heavy (non-hydrogen) atoms. The third-order valence-electron chi connectivity index (χ3n) is 6.28. The Labute approximate surface area is 192 Å². The molecule has 2 aromatic rings. The molecule has 0 bridgehead atoms. The third kappa shape index (κ3) is 7.79. The Balaban J connectivity index is 1.46. The quantitative estimate of drug-likeness (QED) is 0.407. The number of rotatable bonds is 11. The second-order valence-electron chi connectivity index (χ2n) is 8.87. The van der Waals surface area contributed by atoms with Crippen molar-refractivity contribution in [2.24, 2.45) is 11.7 Å². The molecule has 5 nitrogen and oxygen atoms in total. The highest BCUT2D eigenvalue weighted by Crippen LogP contribution is 2.24. The summed E-state index contributed by atoms with van der Waals surface area (Å²) in [6.07, 6.45) is 10.9. The van der Waals surface area contributed by atoms with Crippen molar-refractivity contribution in [2.75, 3.05) is 18.4 Å². The molecule has 2 aromatic carbocycles. The number of carbonyl (C=O) groups excluding carboxylic acids is 2. The molecule has 172 valence electrons. The van der Waals surface area contributed by atoms with E-state index in [1.807, 2.05) is 48.5 Å². The Bertz CT molecular complexity index is 840. The lowest BCUT2D eigenvalue weighted by Crippen LogP contribution is -2.30. The molecule has 0 aliphatic heterocycles. The lowest BCUT2D eigenvalue weighted by Gasteiger charge is -2.21. The fourth-order valence-electron chi connectivity index (χ4n) is 4.30. The zero-order valence-electron chi connectivity index (χ0n) is 19.1. The highest BCUT2D eigenvalue weighted by Gasteiger charge is 2.15. The average molecular weight is 436 g/mol. The van der Waals surface area contributed by atoms with E-state index in [4.69, 9.17) is 5.73 Å². The van der Waals surface area contributed by atoms with Gasteiger partial charge >= 0.3 is 0 Å². The van der Waals surface area contributed by atoms with Gasteiger partial charge in [-0.05, 0) is 73.5 Å². The molecule has 1 aliphatic rings. The van der Waals surface area contributed by atoms with E-state index in [1.165, 1.54) is 32.1 Å². The maximum Gasteiger partial charge on any atom is 0.251 e. The standard InChI is InChI=1S/C27H37N3O2/c28-19-7-2-1-6-10-26(31)30-25-17-15-23(16-18-25)22-11-13-24(14-12-22)27(32)29-20-21-8-4-3-5-9-21/h11-18,21H,1-10,19-20,28H2,(H,29,32)(H,30,31). The van der Waals surface area contributed by atoms with Crippen molar-refractivity contribution in [1.29, 1.82) is 0 Å². The number of nitrogens with two attached hydrogens (primary N) is 1. The van der Waals surface area contributed by atoms with E-state index in [2.05, 4.69) is 10.6 Å². The molecule has 0 aromatic heterocycles. The van der Waals surface area contributed by atoms with Crippen LogP contribution < -0.4 is 16.4 Å². The van der Waals surface area contributed by atoms with Gasteiger partial charge in [-0.15, -0.1) is 0 Å². The first kappa shape index (κ1) is 24.0. The summed E-state index contributed by atoms with van der Waals surface area (Å²) in [5.41, 5.74) is 9.09. The Morgan fingerprint density at radius 2 is 1.44 bits per heavy atom. The van der Waals surface area contributed by atoms with Gasteiger partial charge in [0.15, 0.2) is 0 Å². The maximum atomic E-state index is 12.5. The van der Waals surface area contributed by atoms with Crippen LogP contribution in [-0.2, 0) is 4.79 Å². The fourth-order valence-corrected chi connectivity index (χ4v) is 4.30. The number of unbranched alkanes of at least 4 members (excludes halogenated alkanes) is 3. The Hall–Kier alpha value is -2.66. The van der Waals surface area contributed by atoms with Crippen LogP contribution in [-0.4, -0.2) is 24.9 Å². The van der Waals surface area contributed by atoms with Gasteiger partial charge in [-0.1, -0.05) is 56.4 Å². The van der Waals surface area contributed by atoms with E-state index in [1.54, 1.807) is 0 Å². The topological polar surface area (TPSA) is 84.2 Å². The molecule has 1 fully saturated rings. The first-order chi connectivity index (χ1) is 15.7. The number of nitrogens with one attached hydrogen (secondary N) is 2. The first-order valence-corrected chi connectivity index (χ1v) is 12.1. The number of carbonyl (C=O) groups is 2. The van der Waals surface area contributed by atoms with Gasteiger partial charge in [0, 0.05) is 24.2 Å². The highest BCUT2D eigenvalue weighted by atomic mass is 16.2. The summed E-state index contributed by atoms with van der Waals surface area (Å²) in [5.74, 6) is 0.680. The largest absolute Gasteiger partial charge is 0.352 e. The van der Waals surface area contributed by atoms with Crippen molar-refractivity contribution >= 4 is 17.5 Å². The van der Waals surface area contributed by atoms with E-state index in [-0.39, 0.29) is 11.8 Å². The van der Waals surface area contributed by atoms with Gasteiger partial charge in [-0.2, -0.15) is 0 Å². The zero-order chi connectivity index (χ0) is 22.6. The van der Waals surface area contributed by atoms with Crippen LogP contribution >= 0.6 is 0 Å². The van der Waals surface area contributed by atoms with Gasteiger partial charge in [-0.25, -0.2) is 0 Å². The smallest absolute Gasteiger partial charge is 0.251 e. The Kier molecular flexibility index (Phi) is 9.76. The Morgan fingerprint density at radius 1 is 0.812 bits per heavy atom. The maximum absolute atomic E-state index is 12.5. The molecule has 0 saturated heterocycles. The number of anilines is 1. The summed E-state index contributed by atoms with van der Waals surface area (Å²) >= 11 is 0. The average Bonchev–Trinajstić information content (AvgIpc) is 2.84. The van der Waals surface area contributed by atoms with E-state index in [9.17, 15) is 9.59 Å². The van der Waals surface area contributed by atoms with Gasteiger partial charge in [0.2, 0.25) is 5.91 Å². The molecule has 0 unspecified atom stereocenters. The molecular formula is C27H37N3O2. The second-order valence-corrected chi connectivity index (χ2v) is 8.87. The Morgan fingerprint density at radius 3 is 2.09 bits per heavy atom. The van der Waals surface area contributed by atoms with Crippen molar-refractivity contribution in [3.63, 3.8) is 0 Å². The van der Waals surface area contributed by atoms with Crippen LogP contribution in [0.2, 0.25) is 0 Å². The number of hydrogen-bond donors (Lipinski definition) is 3. The van der Waals surface area contributed by atoms with E-state index in [0.717, 1.165) is 55.6 Å². The molecule has 0 spiro atoms. The summed E-state index contributed by atoms with van der Waals surface area (Å²) in [5, 5.41) is 6.05. The molecule has 3 rings (SSSR count). The van der Waals surface area contributed by atoms with E-state index < -0.39 is 0 Å². The van der Waals surface area contributed by atoms with Gasteiger partial charge < -0.3 is 16.4 Å². The normalized spacial score (nSPS) is 14.2. The van der Waals surface area contributed by atoms with Crippen LogP contribution in [0.25, 0.3) is 11.1 Å². The van der Waals surface area contributed by atoms with Crippen LogP contribution in [0.1, 0.15) is 74.6 Å². The monoisotopic (exact) mass is 435 g/mol. The van der Waals surface area contributed by atoms with Crippen molar-refractivity contribution in [2.45, 2.75) is 64.2 Å². The summed E-state index contributed by atoms with van der Waals surface area (Å²) in [4.78, 5) is 24.5. The summed E-state index contributed by atoms with van der Waals surface area (Å²) in [6.45, 7) is 1.50. The minimum absolute atomic E-state index is 0.00297. The van der Waals surface area contributed by atoms with Crippen LogP contribution in [0.3, 0.4) is 0 Å². The minimum Gasteiger partial charge on any atom is -0.352 e. The van der Waals surface area contributed by atoms with Gasteiger partial charge in [0.05, 0.1) is 0 Å². The molecule has 4 N–H and O–H groups in total. The fraction of sp³-hybridized carbons (Fsp3) is 0.481. The number of benzene rings is 2. The van der Waals surface area contributed by atoms with Crippen LogP contribution in [0, 0.1) is 5.92 Å². The SMILES string of the molecule is NCCCCCCC(=O)Nc1ccc(-c2ccc(C(=O)NCC3CCCCC3)cc2)cc1. The molecular weight excluding hydrogens is 398 g/mol. The predicted octanol–water partition coefficient (Wildman–Crippen LogP) is 5.51. The van der Waals surface area contributed by atoms with Crippen molar-refractivity contribution in [3.05, 3.63) is 54.1 Å². The summed E-state index contributed by atoms with van der Waals surface area (Å²) in [6, 6.07) is 15.6. The summed E-state index contributed by atoms with van der Waals surface area (Å²) < 4.78 is 0. The lowest BCUT2D eigenvalue weighted by molar-refractivity contribution is -0.116. The zero-order valence-corrected chi connectivity index (χ0v) is 19.1. The molecule has 2 amide bonds. The van der Waals surface area contributed by atoms with Crippen molar-refractivity contribution < 1.29 is 9.59 Å². The molecule has 0 atom stereocenters. The first-order valence-electron chi connectivity index (χ1n) is 12.1. The van der Waals surface area contributed by atoms with Crippen molar-refractivity contribution in [3.8, 4) is 11.1 Å². The molecule has 5 heteroatoms. The van der Waals surface area contributed by atoms with E-state index in [0.29, 0.717) is 17.9 Å². The molecule has 0 radical (unpaired) electrons. The predicted molar refractivity (Wildman–Crippen MR) is 132 cm³/mol. The number of amides is 2. The molecule has 1 saturated carbocycles. The minimum atomic E-state index is 0.00297. The highest BCUT2D eigenvalue weighted by molar-refractivity contribution is 5.94. The van der Waals surface area contributed by atoms with E-state index >= 15 is 0 Å². The summed E-state index contributed by atoms with van der Waals surface area (Å²) in [7, 11) is 0. The van der Waals surface area contributed by atoms with Crippen LogP contribution in [0.4, 0.5) is 5.69 Å².